The molecule has 0 atom stereocenters. The summed E-state index contributed by atoms with van der Waals surface area (Å²) in [7, 11) is 0. The van der Waals surface area contributed by atoms with Crippen molar-refractivity contribution in [2.75, 3.05) is 6.61 Å². The smallest absolute Gasteiger partial charge is 0.311 e. The van der Waals surface area contributed by atoms with Crippen molar-refractivity contribution in [3.8, 4) is 0 Å². The Morgan fingerprint density at radius 3 is 2.41 bits per heavy atom. The van der Waals surface area contributed by atoms with E-state index >= 15 is 0 Å². The van der Waals surface area contributed by atoms with Gasteiger partial charge in [0.15, 0.2) is 0 Å². The number of carbonyl (C=O) groups excluding carboxylic acids is 1. The third kappa shape index (κ3) is 3.74. The van der Waals surface area contributed by atoms with Crippen LogP contribution in [0, 0.1) is 5.41 Å². The monoisotopic (exact) mass is 232 g/mol. The Balaban J connectivity index is 2.71. The molecule has 92 valence electrons. The average molecular weight is 232 g/mol. The van der Waals surface area contributed by atoms with Gasteiger partial charge in [0.05, 0.1) is 12.0 Å². The Hall–Kier alpha value is -1.57. The fourth-order valence-corrected chi connectivity index (χ4v) is 1.71. The Morgan fingerprint density at radius 1 is 1.29 bits per heavy atom. The van der Waals surface area contributed by atoms with Gasteiger partial charge in [0.2, 0.25) is 0 Å². The molecule has 0 spiro atoms. The van der Waals surface area contributed by atoms with Crippen molar-refractivity contribution < 1.29 is 9.53 Å². The van der Waals surface area contributed by atoms with Crippen LogP contribution in [0.1, 0.15) is 32.8 Å². The van der Waals surface area contributed by atoms with E-state index in [-0.39, 0.29) is 5.97 Å². The zero-order chi connectivity index (χ0) is 12.9. The second-order valence-electron chi connectivity index (χ2n) is 4.75. The highest BCUT2D eigenvalue weighted by Gasteiger charge is 2.29. The van der Waals surface area contributed by atoms with Crippen molar-refractivity contribution >= 4 is 11.5 Å². The molecule has 0 radical (unpaired) electrons. The fraction of sp³-hybridized carbons (Fsp3) is 0.400. The van der Waals surface area contributed by atoms with E-state index in [1.807, 2.05) is 51.1 Å². The largest absolute Gasteiger partial charge is 0.466 e. The number of carbonyl (C=O) groups is 1. The van der Waals surface area contributed by atoms with Gasteiger partial charge in [0, 0.05) is 0 Å². The lowest BCUT2D eigenvalue weighted by atomic mass is 9.84. The maximum absolute atomic E-state index is 11.8. The summed E-state index contributed by atoms with van der Waals surface area (Å²) in [6, 6.07) is 9.91. The van der Waals surface area contributed by atoms with Crippen LogP contribution in [0.25, 0.3) is 5.57 Å². The Morgan fingerprint density at radius 2 is 1.88 bits per heavy atom. The van der Waals surface area contributed by atoms with Gasteiger partial charge < -0.3 is 4.74 Å². The third-order valence-electron chi connectivity index (χ3n) is 2.67. The minimum Gasteiger partial charge on any atom is -0.466 e. The van der Waals surface area contributed by atoms with E-state index in [1.165, 1.54) is 0 Å². The summed E-state index contributed by atoms with van der Waals surface area (Å²) in [4.78, 5) is 11.8. The van der Waals surface area contributed by atoms with Crippen molar-refractivity contribution in [2.24, 2.45) is 5.41 Å². The van der Waals surface area contributed by atoms with Crippen LogP contribution >= 0.6 is 0 Å². The molecule has 17 heavy (non-hydrogen) atoms. The van der Waals surface area contributed by atoms with Crippen LogP contribution in [0.15, 0.2) is 36.9 Å². The molecule has 0 fully saturated rings. The highest BCUT2D eigenvalue weighted by molar-refractivity contribution is 5.79. The summed E-state index contributed by atoms with van der Waals surface area (Å²) < 4.78 is 5.06. The van der Waals surface area contributed by atoms with Crippen molar-refractivity contribution in [3.05, 3.63) is 42.5 Å². The molecule has 0 unspecified atom stereocenters. The van der Waals surface area contributed by atoms with Crippen molar-refractivity contribution in [1.82, 2.24) is 0 Å². The van der Waals surface area contributed by atoms with Crippen molar-refractivity contribution in [3.63, 3.8) is 0 Å². The molecule has 0 aliphatic carbocycles. The van der Waals surface area contributed by atoms with E-state index in [0.29, 0.717) is 13.0 Å². The molecular weight excluding hydrogens is 212 g/mol. The number of rotatable bonds is 5. The standard InChI is InChI=1S/C15H20O2/c1-5-17-14(16)15(3,4)11-12(2)13-9-7-6-8-10-13/h6-10H,2,5,11H2,1,3-4H3. The lowest BCUT2D eigenvalue weighted by molar-refractivity contribution is -0.153. The van der Waals surface area contributed by atoms with E-state index in [1.54, 1.807) is 0 Å². The Labute approximate surface area is 103 Å². The van der Waals surface area contributed by atoms with Gasteiger partial charge in [-0.05, 0) is 38.3 Å². The molecule has 0 aliphatic heterocycles. The first-order valence-electron chi connectivity index (χ1n) is 5.88. The zero-order valence-electron chi connectivity index (χ0n) is 10.8. The molecule has 2 heteroatoms. The summed E-state index contributed by atoms with van der Waals surface area (Å²) in [6.07, 6.45) is 0.607. The summed E-state index contributed by atoms with van der Waals surface area (Å²) in [5.74, 6) is -0.169. The van der Waals surface area contributed by atoms with E-state index in [2.05, 4.69) is 6.58 Å². The molecule has 1 rings (SSSR count). The first-order valence-corrected chi connectivity index (χ1v) is 5.88. The zero-order valence-corrected chi connectivity index (χ0v) is 10.8. The van der Waals surface area contributed by atoms with E-state index < -0.39 is 5.41 Å². The van der Waals surface area contributed by atoms with E-state index in [9.17, 15) is 4.79 Å². The molecule has 0 heterocycles. The van der Waals surface area contributed by atoms with Crippen LogP contribution in [0.3, 0.4) is 0 Å². The summed E-state index contributed by atoms with van der Waals surface area (Å²) in [5, 5.41) is 0. The van der Waals surface area contributed by atoms with Gasteiger partial charge in [0.1, 0.15) is 0 Å². The van der Waals surface area contributed by atoms with Gasteiger partial charge in [-0.2, -0.15) is 0 Å². The lowest BCUT2D eigenvalue weighted by Crippen LogP contribution is -2.26. The lowest BCUT2D eigenvalue weighted by Gasteiger charge is -2.23. The summed E-state index contributed by atoms with van der Waals surface area (Å²) in [5.41, 5.74) is 1.51. The maximum atomic E-state index is 11.8. The van der Waals surface area contributed by atoms with Gasteiger partial charge >= 0.3 is 5.97 Å². The van der Waals surface area contributed by atoms with Crippen LogP contribution in [0.2, 0.25) is 0 Å². The van der Waals surface area contributed by atoms with Crippen LogP contribution < -0.4 is 0 Å². The SMILES string of the molecule is C=C(CC(C)(C)C(=O)OCC)c1ccccc1. The normalized spacial score (nSPS) is 11.0. The highest BCUT2D eigenvalue weighted by atomic mass is 16.5. The molecule has 2 nitrogen and oxygen atoms in total. The minimum absolute atomic E-state index is 0.169. The summed E-state index contributed by atoms with van der Waals surface area (Å²) in [6.45, 7) is 10.1. The van der Waals surface area contributed by atoms with Gasteiger partial charge in [-0.15, -0.1) is 0 Å². The number of benzene rings is 1. The quantitative estimate of drug-likeness (QED) is 0.724. The molecule has 0 N–H and O–H groups in total. The average Bonchev–Trinajstić information content (AvgIpc) is 2.30. The van der Waals surface area contributed by atoms with Crippen LogP contribution in [0.4, 0.5) is 0 Å². The van der Waals surface area contributed by atoms with E-state index in [4.69, 9.17) is 4.74 Å². The highest BCUT2D eigenvalue weighted by Crippen LogP contribution is 2.30. The Bertz CT molecular complexity index is 391. The molecule has 0 amide bonds. The number of esters is 1. The third-order valence-corrected chi connectivity index (χ3v) is 2.67. The van der Waals surface area contributed by atoms with Crippen molar-refractivity contribution in [2.45, 2.75) is 27.2 Å². The Kier molecular flexibility index (Phi) is 4.50. The van der Waals surface area contributed by atoms with Crippen LogP contribution in [-0.4, -0.2) is 12.6 Å². The predicted octanol–water partition coefficient (Wildman–Crippen LogP) is 3.68. The number of hydrogen-bond donors (Lipinski definition) is 0. The molecule has 0 saturated heterocycles. The second kappa shape index (κ2) is 5.67. The molecule has 0 aliphatic rings. The van der Waals surface area contributed by atoms with Gasteiger partial charge in [0.25, 0.3) is 0 Å². The maximum Gasteiger partial charge on any atom is 0.311 e. The first-order chi connectivity index (χ1) is 7.97. The number of hydrogen-bond acceptors (Lipinski definition) is 2. The molecule has 0 saturated carbocycles. The van der Waals surface area contributed by atoms with Crippen LogP contribution in [0.5, 0.6) is 0 Å². The van der Waals surface area contributed by atoms with E-state index in [0.717, 1.165) is 11.1 Å². The molecule has 1 aromatic carbocycles. The first kappa shape index (κ1) is 13.5. The molecule has 1 aromatic rings. The fourth-order valence-electron chi connectivity index (χ4n) is 1.71. The van der Waals surface area contributed by atoms with Gasteiger partial charge in [-0.3, -0.25) is 4.79 Å². The predicted molar refractivity (Wildman–Crippen MR) is 70.5 cm³/mol. The number of ether oxygens (including phenoxy) is 1. The summed E-state index contributed by atoms with van der Waals surface area (Å²) >= 11 is 0. The van der Waals surface area contributed by atoms with Crippen molar-refractivity contribution in [1.29, 1.82) is 0 Å². The number of allylic oxidation sites excluding steroid dienone is 1. The molecular formula is C15H20O2. The molecule has 0 aromatic heterocycles. The second-order valence-corrected chi connectivity index (χ2v) is 4.75. The minimum atomic E-state index is -0.525. The van der Waals surface area contributed by atoms with Gasteiger partial charge in [-0.1, -0.05) is 36.9 Å². The van der Waals surface area contributed by atoms with Gasteiger partial charge in [-0.25, -0.2) is 0 Å². The molecule has 0 bridgehead atoms. The van der Waals surface area contributed by atoms with Crippen LogP contribution in [-0.2, 0) is 9.53 Å². The topological polar surface area (TPSA) is 26.3 Å².